The van der Waals surface area contributed by atoms with Gasteiger partial charge in [0.1, 0.15) is 9.88 Å². The Hall–Kier alpha value is -1.76. The van der Waals surface area contributed by atoms with Crippen molar-refractivity contribution >= 4 is 33.8 Å². The van der Waals surface area contributed by atoms with Crippen LogP contribution in [0.15, 0.2) is 0 Å². The Kier molecular flexibility index (Phi) is 5.62. The summed E-state index contributed by atoms with van der Waals surface area (Å²) in [6.07, 6.45) is 0.918. The van der Waals surface area contributed by atoms with E-state index in [0.717, 1.165) is 13.0 Å². The molecule has 106 valence electrons. The molecule has 0 aliphatic carbocycles. The van der Waals surface area contributed by atoms with Gasteiger partial charge in [0.25, 0.3) is 11.8 Å². The number of nitrogens with one attached hydrogen (secondary N) is 3. The fraction of sp³-hybridized carbons (Fsp3) is 0.500. The summed E-state index contributed by atoms with van der Waals surface area (Å²) in [4.78, 5) is 24.1. The summed E-state index contributed by atoms with van der Waals surface area (Å²) in [5.74, 6) is -0.539. The van der Waals surface area contributed by atoms with Gasteiger partial charge in [-0.25, -0.2) is 0 Å². The van der Waals surface area contributed by atoms with E-state index in [-0.39, 0.29) is 17.5 Å². The number of hydrogen-bond donors (Lipinski definition) is 4. The van der Waals surface area contributed by atoms with Crippen molar-refractivity contribution in [3.8, 4) is 0 Å². The molecule has 0 unspecified atom stereocenters. The number of hydrogen-bond acceptors (Lipinski definition) is 5. The third kappa shape index (κ3) is 3.37. The molecule has 1 rings (SSSR count). The van der Waals surface area contributed by atoms with Gasteiger partial charge in [0.15, 0.2) is 0 Å². The number of rotatable bonds is 6. The fourth-order valence-corrected chi connectivity index (χ4v) is 2.63. The van der Waals surface area contributed by atoms with Gasteiger partial charge in [-0.05, 0) is 13.3 Å². The molecule has 1 heterocycles. The van der Waals surface area contributed by atoms with Gasteiger partial charge in [0.05, 0.1) is 11.3 Å². The zero-order valence-corrected chi connectivity index (χ0v) is 12.2. The molecule has 0 fully saturated rings. The summed E-state index contributed by atoms with van der Waals surface area (Å²) >= 11 is 1.21. The van der Waals surface area contributed by atoms with Crippen molar-refractivity contribution in [1.82, 2.24) is 10.6 Å². The van der Waals surface area contributed by atoms with Gasteiger partial charge in [0.2, 0.25) is 0 Å². The Morgan fingerprint density at radius 3 is 2.47 bits per heavy atom. The normalized spacial score (nSPS) is 10.1. The Morgan fingerprint density at radius 2 is 1.95 bits per heavy atom. The summed E-state index contributed by atoms with van der Waals surface area (Å²) in [6, 6.07) is 0. The van der Waals surface area contributed by atoms with Gasteiger partial charge in [-0.3, -0.25) is 9.59 Å². The van der Waals surface area contributed by atoms with Crippen molar-refractivity contribution in [1.29, 1.82) is 0 Å². The highest BCUT2D eigenvalue weighted by molar-refractivity contribution is 7.19. The smallest absolute Gasteiger partial charge is 0.263 e. The molecule has 19 heavy (non-hydrogen) atoms. The zero-order chi connectivity index (χ0) is 14.4. The molecule has 0 atom stereocenters. The average molecular weight is 284 g/mol. The maximum atomic E-state index is 11.9. The van der Waals surface area contributed by atoms with E-state index in [2.05, 4.69) is 16.0 Å². The first-order chi connectivity index (χ1) is 9.06. The molecule has 1 aromatic rings. The maximum Gasteiger partial charge on any atom is 0.263 e. The first-order valence-electron chi connectivity index (χ1n) is 6.23. The fourth-order valence-electron chi connectivity index (χ4n) is 1.57. The molecule has 6 nitrogen and oxygen atoms in total. The van der Waals surface area contributed by atoms with Crippen LogP contribution in [-0.4, -0.2) is 32.0 Å². The Bertz CT molecular complexity index is 471. The van der Waals surface area contributed by atoms with Crippen molar-refractivity contribution in [3.63, 3.8) is 0 Å². The molecule has 0 saturated carbocycles. The van der Waals surface area contributed by atoms with Crippen molar-refractivity contribution in [2.75, 3.05) is 31.2 Å². The largest absolute Gasteiger partial charge is 0.397 e. The summed E-state index contributed by atoms with van der Waals surface area (Å²) in [5, 5.41) is 9.00. The lowest BCUT2D eigenvalue weighted by Gasteiger charge is -2.05. The highest BCUT2D eigenvalue weighted by Gasteiger charge is 2.24. The molecule has 0 spiro atoms. The van der Waals surface area contributed by atoms with Crippen LogP contribution in [0.2, 0.25) is 0 Å². The molecule has 2 amide bonds. The van der Waals surface area contributed by atoms with Crippen molar-refractivity contribution < 1.29 is 9.59 Å². The van der Waals surface area contributed by atoms with E-state index >= 15 is 0 Å². The lowest BCUT2D eigenvalue weighted by atomic mass is 10.2. The molecule has 0 aromatic carbocycles. The standard InChI is InChI=1S/C12H20N4O2S/c1-4-6-16-12-7(10(17)14-3)8(13)9(19-12)11(18)15-5-2/h16H,4-6,13H2,1-3H3,(H,14,17)(H,15,18). The minimum Gasteiger partial charge on any atom is -0.397 e. The van der Waals surface area contributed by atoms with E-state index in [4.69, 9.17) is 5.73 Å². The Balaban J connectivity index is 3.18. The highest BCUT2D eigenvalue weighted by Crippen LogP contribution is 2.35. The highest BCUT2D eigenvalue weighted by atomic mass is 32.1. The van der Waals surface area contributed by atoms with Gasteiger partial charge in [-0.15, -0.1) is 11.3 Å². The lowest BCUT2D eigenvalue weighted by Crippen LogP contribution is -2.23. The van der Waals surface area contributed by atoms with Crippen molar-refractivity contribution in [2.45, 2.75) is 20.3 Å². The van der Waals surface area contributed by atoms with Gasteiger partial charge in [0, 0.05) is 20.1 Å². The van der Waals surface area contributed by atoms with Crippen LogP contribution in [0.4, 0.5) is 10.7 Å². The van der Waals surface area contributed by atoms with E-state index in [1.807, 2.05) is 13.8 Å². The van der Waals surface area contributed by atoms with Crippen LogP contribution in [0.25, 0.3) is 0 Å². The lowest BCUT2D eigenvalue weighted by molar-refractivity contribution is 0.0959. The van der Waals surface area contributed by atoms with Crippen molar-refractivity contribution in [2.24, 2.45) is 0 Å². The van der Waals surface area contributed by atoms with Crippen LogP contribution in [0.5, 0.6) is 0 Å². The second-order valence-corrected chi connectivity index (χ2v) is 4.93. The summed E-state index contributed by atoms with van der Waals surface area (Å²) in [5.41, 5.74) is 6.51. The Morgan fingerprint density at radius 1 is 1.26 bits per heavy atom. The molecular weight excluding hydrogens is 264 g/mol. The topological polar surface area (TPSA) is 96.2 Å². The maximum absolute atomic E-state index is 11.9. The number of nitrogens with two attached hydrogens (primary N) is 1. The summed E-state index contributed by atoms with van der Waals surface area (Å²) < 4.78 is 0. The monoisotopic (exact) mass is 284 g/mol. The zero-order valence-electron chi connectivity index (χ0n) is 11.4. The molecule has 0 bridgehead atoms. The molecule has 0 radical (unpaired) electrons. The van der Waals surface area contributed by atoms with E-state index in [9.17, 15) is 9.59 Å². The molecule has 0 saturated heterocycles. The third-order valence-corrected chi connectivity index (χ3v) is 3.64. The van der Waals surface area contributed by atoms with Crippen LogP contribution >= 0.6 is 11.3 Å². The second-order valence-electron chi connectivity index (χ2n) is 3.91. The predicted octanol–water partition coefficient (Wildman–Crippen LogP) is 1.26. The van der Waals surface area contributed by atoms with Gasteiger partial charge in [-0.2, -0.15) is 0 Å². The van der Waals surface area contributed by atoms with Crippen LogP contribution in [0.3, 0.4) is 0 Å². The van der Waals surface area contributed by atoms with E-state index in [0.29, 0.717) is 22.0 Å². The number of carbonyl (C=O) groups excluding carboxylic acids is 2. The molecule has 5 N–H and O–H groups in total. The van der Waals surface area contributed by atoms with Gasteiger partial charge >= 0.3 is 0 Å². The number of anilines is 2. The van der Waals surface area contributed by atoms with Gasteiger partial charge in [-0.1, -0.05) is 6.92 Å². The SMILES string of the molecule is CCCNc1sc(C(=O)NCC)c(N)c1C(=O)NC. The van der Waals surface area contributed by atoms with Crippen LogP contribution in [0.1, 0.15) is 40.3 Å². The van der Waals surface area contributed by atoms with Crippen molar-refractivity contribution in [3.05, 3.63) is 10.4 Å². The second kappa shape index (κ2) is 6.98. The molecule has 7 heteroatoms. The summed E-state index contributed by atoms with van der Waals surface area (Å²) in [6.45, 7) is 5.09. The number of amides is 2. The minimum absolute atomic E-state index is 0.230. The molecule has 0 aliphatic heterocycles. The number of carbonyl (C=O) groups is 2. The number of nitrogen functional groups attached to an aromatic ring is 1. The summed E-state index contributed by atoms with van der Waals surface area (Å²) in [7, 11) is 1.54. The molecule has 0 aliphatic rings. The Labute approximate surface area is 116 Å². The van der Waals surface area contributed by atoms with E-state index < -0.39 is 0 Å². The minimum atomic E-state index is -0.289. The van der Waals surface area contributed by atoms with Crippen LogP contribution in [0, 0.1) is 0 Å². The predicted molar refractivity (Wildman–Crippen MR) is 78.9 cm³/mol. The average Bonchev–Trinajstić information content (AvgIpc) is 2.73. The van der Waals surface area contributed by atoms with E-state index in [1.54, 1.807) is 0 Å². The molecule has 1 aromatic heterocycles. The van der Waals surface area contributed by atoms with Crippen LogP contribution in [-0.2, 0) is 0 Å². The van der Waals surface area contributed by atoms with Crippen LogP contribution < -0.4 is 21.7 Å². The number of thiophene rings is 1. The molecular formula is C12H20N4O2S. The quantitative estimate of drug-likeness (QED) is 0.632. The third-order valence-electron chi connectivity index (χ3n) is 2.48. The van der Waals surface area contributed by atoms with E-state index in [1.165, 1.54) is 18.4 Å². The first kappa shape index (κ1) is 15.3. The van der Waals surface area contributed by atoms with Gasteiger partial charge < -0.3 is 21.7 Å². The first-order valence-corrected chi connectivity index (χ1v) is 7.04.